The molecule has 104 valence electrons. The van der Waals surface area contributed by atoms with Crippen LogP contribution in [-0.2, 0) is 0 Å². The molecule has 1 aliphatic rings. The fraction of sp³-hybridized carbons (Fsp3) is 0.562. The van der Waals surface area contributed by atoms with E-state index in [-0.39, 0.29) is 11.0 Å². The van der Waals surface area contributed by atoms with Gasteiger partial charge >= 0.3 is 0 Å². The minimum Gasteiger partial charge on any atom is -0.302 e. The molecule has 1 aromatic carbocycles. The normalized spacial score (nSPS) is 18.2. The Balaban J connectivity index is 1.99. The number of thioether (sulfide) groups is 1. The molecule has 1 aliphatic heterocycles. The minimum atomic E-state index is 0.0702. The highest BCUT2D eigenvalue weighted by Gasteiger charge is 2.22. The van der Waals surface area contributed by atoms with E-state index >= 15 is 0 Å². The van der Waals surface area contributed by atoms with Gasteiger partial charge in [-0.25, -0.2) is 0 Å². The molecule has 1 atom stereocenters. The molecule has 2 nitrogen and oxygen atoms in total. The number of rotatable bonds is 5. The number of likely N-dealkylation sites (tertiary alicyclic amines) is 1. The number of carbonyl (C=O) groups is 1. The molecule has 0 radical (unpaired) electrons. The predicted molar refractivity (Wildman–Crippen MR) is 83.1 cm³/mol. The molecule has 3 heteroatoms. The second-order valence-electron chi connectivity index (χ2n) is 5.32. The molecular weight excluding hydrogens is 254 g/mol. The maximum Gasteiger partial charge on any atom is 0.177 e. The number of aryl methyl sites for hydroxylation is 1. The number of piperidine rings is 1. The van der Waals surface area contributed by atoms with E-state index in [1.807, 2.05) is 37.4 Å². The van der Waals surface area contributed by atoms with E-state index < -0.39 is 0 Å². The summed E-state index contributed by atoms with van der Waals surface area (Å²) in [6.07, 6.45) is 5.94. The highest BCUT2D eigenvalue weighted by atomic mass is 32.2. The molecule has 1 unspecified atom stereocenters. The van der Waals surface area contributed by atoms with E-state index in [1.165, 1.54) is 24.8 Å². The summed E-state index contributed by atoms with van der Waals surface area (Å²) in [5.74, 6) is 0.276. The Bertz CT molecular complexity index is 409. The van der Waals surface area contributed by atoms with Crippen LogP contribution in [0.15, 0.2) is 24.3 Å². The third-order valence-electron chi connectivity index (χ3n) is 3.79. The topological polar surface area (TPSA) is 20.3 Å². The lowest BCUT2D eigenvalue weighted by Gasteiger charge is -2.29. The zero-order chi connectivity index (χ0) is 13.7. The maximum absolute atomic E-state index is 12.5. The Kier molecular flexibility index (Phi) is 5.46. The molecule has 0 bridgehead atoms. The lowest BCUT2D eigenvalue weighted by molar-refractivity contribution is 0.0967. The molecule has 1 fully saturated rings. The van der Waals surface area contributed by atoms with Gasteiger partial charge in [0.2, 0.25) is 0 Å². The number of carbonyl (C=O) groups excluding carboxylic acids is 1. The maximum atomic E-state index is 12.5. The van der Waals surface area contributed by atoms with E-state index in [2.05, 4.69) is 4.90 Å². The fourth-order valence-electron chi connectivity index (χ4n) is 2.54. The third kappa shape index (κ3) is 4.08. The number of hydrogen-bond donors (Lipinski definition) is 0. The lowest BCUT2D eigenvalue weighted by Crippen LogP contribution is -2.38. The molecule has 2 rings (SSSR count). The van der Waals surface area contributed by atoms with Crippen molar-refractivity contribution >= 4 is 17.5 Å². The fourth-order valence-corrected chi connectivity index (χ4v) is 3.25. The SMILES string of the molecule is CSC(CN1CCCCC1)C(=O)c1ccc(C)cc1. The Morgan fingerprint density at radius 3 is 2.42 bits per heavy atom. The smallest absolute Gasteiger partial charge is 0.177 e. The van der Waals surface area contributed by atoms with Gasteiger partial charge in [-0.05, 0) is 39.1 Å². The highest BCUT2D eigenvalue weighted by Crippen LogP contribution is 2.18. The number of hydrogen-bond acceptors (Lipinski definition) is 3. The quantitative estimate of drug-likeness (QED) is 0.769. The van der Waals surface area contributed by atoms with Crippen molar-refractivity contribution in [2.75, 3.05) is 25.9 Å². The summed E-state index contributed by atoms with van der Waals surface area (Å²) in [7, 11) is 0. The van der Waals surface area contributed by atoms with E-state index in [9.17, 15) is 4.79 Å². The molecule has 1 heterocycles. The first-order valence-electron chi connectivity index (χ1n) is 7.07. The molecule has 19 heavy (non-hydrogen) atoms. The summed E-state index contributed by atoms with van der Waals surface area (Å²) in [6, 6.07) is 7.95. The van der Waals surface area contributed by atoms with Gasteiger partial charge in [0, 0.05) is 12.1 Å². The van der Waals surface area contributed by atoms with Crippen LogP contribution in [0.1, 0.15) is 35.2 Å². The van der Waals surface area contributed by atoms with Crippen molar-refractivity contribution in [1.82, 2.24) is 4.90 Å². The van der Waals surface area contributed by atoms with Crippen LogP contribution >= 0.6 is 11.8 Å². The third-order valence-corrected chi connectivity index (χ3v) is 4.72. The molecule has 0 aliphatic carbocycles. The van der Waals surface area contributed by atoms with Gasteiger partial charge in [0.15, 0.2) is 5.78 Å². The highest BCUT2D eigenvalue weighted by molar-refractivity contribution is 8.00. The van der Waals surface area contributed by atoms with Gasteiger partial charge in [-0.3, -0.25) is 4.79 Å². The van der Waals surface area contributed by atoms with Crippen LogP contribution in [-0.4, -0.2) is 41.8 Å². The molecular formula is C16H23NOS. The van der Waals surface area contributed by atoms with E-state index in [4.69, 9.17) is 0 Å². The van der Waals surface area contributed by atoms with Crippen LogP contribution in [0.3, 0.4) is 0 Å². The van der Waals surface area contributed by atoms with Crippen molar-refractivity contribution in [3.05, 3.63) is 35.4 Å². The van der Waals surface area contributed by atoms with Crippen molar-refractivity contribution in [2.24, 2.45) is 0 Å². The van der Waals surface area contributed by atoms with E-state index in [0.29, 0.717) is 0 Å². The van der Waals surface area contributed by atoms with Gasteiger partial charge < -0.3 is 4.90 Å². The van der Waals surface area contributed by atoms with Gasteiger partial charge in [0.25, 0.3) is 0 Å². The monoisotopic (exact) mass is 277 g/mol. The number of ketones is 1. The second-order valence-corrected chi connectivity index (χ2v) is 6.36. The number of benzene rings is 1. The molecule has 0 amide bonds. The molecule has 0 saturated carbocycles. The Morgan fingerprint density at radius 1 is 1.21 bits per heavy atom. The standard InChI is InChI=1S/C16H23NOS/c1-13-6-8-14(9-7-13)16(18)15(19-2)12-17-10-4-3-5-11-17/h6-9,15H,3-5,10-12H2,1-2H3. The Hall–Kier alpha value is -0.800. The van der Waals surface area contributed by atoms with Crippen LogP contribution in [0, 0.1) is 6.92 Å². The van der Waals surface area contributed by atoms with Gasteiger partial charge in [-0.2, -0.15) is 11.8 Å². The van der Waals surface area contributed by atoms with Crippen molar-refractivity contribution < 1.29 is 4.79 Å². The summed E-state index contributed by atoms with van der Waals surface area (Å²) in [5.41, 5.74) is 2.05. The van der Waals surface area contributed by atoms with Gasteiger partial charge in [0.1, 0.15) is 0 Å². The zero-order valence-electron chi connectivity index (χ0n) is 11.9. The average Bonchev–Trinajstić information content (AvgIpc) is 2.46. The summed E-state index contributed by atoms with van der Waals surface area (Å²) >= 11 is 1.68. The summed E-state index contributed by atoms with van der Waals surface area (Å²) in [4.78, 5) is 15.0. The van der Waals surface area contributed by atoms with Crippen molar-refractivity contribution in [2.45, 2.75) is 31.4 Å². The van der Waals surface area contributed by atoms with Crippen LogP contribution in [0.25, 0.3) is 0 Å². The number of Topliss-reactive ketones (excluding diaryl/α,β-unsaturated/α-hetero) is 1. The lowest BCUT2D eigenvalue weighted by atomic mass is 10.0. The zero-order valence-corrected chi connectivity index (χ0v) is 12.7. The molecule has 0 aromatic heterocycles. The summed E-state index contributed by atoms with van der Waals surface area (Å²) in [6.45, 7) is 5.25. The molecule has 0 N–H and O–H groups in total. The largest absolute Gasteiger partial charge is 0.302 e. The second kappa shape index (κ2) is 7.11. The molecule has 0 spiro atoms. The van der Waals surface area contributed by atoms with Gasteiger partial charge in [0.05, 0.1) is 5.25 Å². The first kappa shape index (κ1) is 14.6. The van der Waals surface area contributed by atoms with Gasteiger partial charge in [-0.15, -0.1) is 0 Å². The Labute approximate surface area is 120 Å². The molecule has 1 aromatic rings. The summed E-state index contributed by atoms with van der Waals surface area (Å²) < 4.78 is 0. The minimum absolute atomic E-state index is 0.0702. The van der Waals surface area contributed by atoms with Crippen molar-refractivity contribution in [3.8, 4) is 0 Å². The summed E-state index contributed by atoms with van der Waals surface area (Å²) in [5, 5.41) is 0.0702. The van der Waals surface area contributed by atoms with Crippen LogP contribution in [0.5, 0.6) is 0 Å². The predicted octanol–water partition coefficient (Wildman–Crippen LogP) is 3.40. The van der Waals surface area contributed by atoms with Crippen LogP contribution < -0.4 is 0 Å². The molecule has 1 saturated heterocycles. The van der Waals surface area contributed by atoms with Crippen LogP contribution in [0.2, 0.25) is 0 Å². The van der Waals surface area contributed by atoms with Crippen molar-refractivity contribution in [1.29, 1.82) is 0 Å². The van der Waals surface area contributed by atoms with Crippen molar-refractivity contribution in [3.63, 3.8) is 0 Å². The number of nitrogens with zero attached hydrogens (tertiary/aromatic N) is 1. The Morgan fingerprint density at radius 2 is 1.84 bits per heavy atom. The van der Waals surface area contributed by atoms with E-state index in [1.54, 1.807) is 11.8 Å². The first-order chi connectivity index (χ1) is 9.20. The first-order valence-corrected chi connectivity index (χ1v) is 8.35. The van der Waals surface area contributed by atoms with E-state index in [0.717, 1.165) is 25.2 Å². The average molecular weight is 277 g/mol. The van der Waals surface area contributed by atoms with Crippen LogP contribution in [0.4, 0.5) is 0 Å². The van der Waals surface area contributed by atoms with Gasteiger partial charge in [-0.1, -0.05) is 36.2 Å².